The molecule has 2 amide bonds. The van der Waals surface area contributed by atoms with Gasteiger partial charge in [-0.2, -0.15) is 11.8 Å². The fraction of sp³-hybridized carbons (Fsp3) is 0.533. The molecule has 0 spiro atoms. The molecule has 2 fully saturated rings. The first-order chi connectivity index (χ1) is 10.7. The van der Waals surface area contributed by atoms with E-state index in [2.05, 4.69) is 4.98 Å². The van der Waals surface area contributed by atoms with Gasteiger partial charge in [0.2, 0.25) is 5.91 Å². The third kappa shape index (κ3) is 3.22. The van der Waals surface area contributed by atoms with E-state index in [1.807, 2.05) is 16.7 Å². The van der Waals surface area contributed by atoms with Gasteiger partial charge < -0.3 is 9.80 Å². The van der Waals surface area contributed by atoms with Gasteiger partial charge in [0.25, 0.3) is 5.91 Å². The van der Waals surface area contributed by atoms with Crippen molar-refractivity contribution >= 4 is 35.2 Å². The molecule has 0 radical (unpaired) electrons. The standard InChI is InChI=1S/C15H18ClN3O2S/c16-13-10-11(3-4-17-13)14(20)19-5-1-2-12(19)15(21)18-6-8-22-9-7-18/h3-4,10,12H,1-2,5-9H2/t12-/m0/s1. The number of nitrogens with zero attached hydrogens (tertiary/aromatic N) is 3. The number of hydrogen-bond acceptors (Lipinski definition) is 4. The van der Waals surface area contributed by atoms with Crippen LogP contribution in [0.3, 0.4) is 0 Å². The lowest BCUT2D eigenvalue weighted by Gasteiger charge is -2.32. The maximum atomic E-state index is 12.7. The highest BCUT2D eigenvalue weighted by molar-refractivity contribution is 7.99. The van der Waals surface area contributed by atoms with Crippen molar-refractivity contribution in [2.45, 2.75) is 18.9 Å². The summed E-state index contributed by atoms with van der Waals surface area (Å²) < 4.78 is 0. The van der Waals surface area contributed by atoms with Crippen molar-refractivity contribution < 1.29 is 9.59 Å². The fourth-order valence-electron chi connectivity index (χ4n) is 2.96. The molecule has 0 aliphatic carbocycles. The summed E-state index contributed by atoms with van der Waals surface area (Å²) in [6, 6.07) is 2.87. The number of halogens is 1. The van der Waals surface area contributed by atoms with Gasteiger partial charge in [0.15, 0.2) is 0 Å². The maximum absolute atomic E-state index is 12.7. The summed E-state index contributed by atoms with van der Waals surface area (Å²) in [6.07, 6.45) is 3.13. The topological polar surface area (TPSA) is 53.5 Å². The molecule has 1 aromatic heterocycles. The van der Waals surface area contributed by atoms with E-state index in [4.69, 9.17) is 11.6 Å². The molecule has 7 heteroatoms. The quantitative estimate of drug-likeness (QED) is 0.772. The van der Waals surface area contributed by atoms with Crippen LogP contribution in [0, 0.1) is 0 Å². The number of hydrogen-bond donors (Lipinski definition) is 0. The molecule has 0 N–H and O–H groups in total. The average Bonchev–Trinajstić information content (AvgIpc) is 3.04. The SMILES string of the molecule is O=C([C@@H]1CCCN1C(=O)c1ccnc(Cl)c1)N1CCSCC1. The van der Waals surface area contributed by atoms with Crippen molar-refractivity contribution in [3.63, 3.8) is 0 Å². The summed E-state index contributed by atoms with van der Waals surface area (Å²) in [4.78, 5) is 32.8. The zero-order chi connectivity index (χ0) is 15.5. The second-order valence-corrected chi connectivity index (χ2v) is 7.07. The Bertz CT molecular complexity index is 578. The van der Waals surface area contributed by atoms with Gasteiger partial charge in [0.05, 0.1) is 0 Å². The Kier molecular flexibility index (Phi) is 4.88. The van der Waals surface area contributed by atoms with Crippen molar-refractivity contribution in [3.8, 4) is 0 Å². The third-order valence-electron chi connectivity index (χ3n) is 4.09. The summed E-state index contributed by atoms with van der Waals surface area (Å²) in [5.41, 5.74) is 0.494. The van der Waals surface area contributed by atoms with E-state index >= 15 is 0 Å². The van der Waals surface area contributed by atoms with Crippen LogP contribution in [0.2, 0.25) is 5.15 Å². The van der Waals surface area contributed by atoms with Gasteiger partial charge in [-0.15, -0.1) is 0 Å². The zero-order valence-electron chi connectivity index (χ0n) is 12.2. The Morgan fingerprint density at radius 2 is 2.05 bits per heavy atom. The Labute approximate surface area is 139 Å². The highest BCUT2D eigenvalue weighted by Gasteiger charge is 2.37. The molecule has 5 nitrogen and oxygen atoms in total. The summed E-state index contributed by atoms with van der Waals surface area (Å²) in [5.74, 6) is 1.91. The first-order valence-electron chi connectivity index (χ1n) is 7.46. The van der Waals surface area contributed by atoms with Gasteiger partial charge in [-0.05, 0) is 25.0 Å². The maximum Gasteiger partial charge on any atom is 0.254 e. The minimum atomic E-state index is -0.331. The number of pyridine rings is 1. The second-order valence-electron chi connectivity index (χ2n) is 5.46. The second kappa shape index (κ2) is 6.87. The summed E-state index contributed by atoms with van der Waals surface area (Å²) in [6.45, 7) is 2.18. The van der Waals surface area contributed by atoms with Crippen molar-refractivity contribution in [3.05, 3.63) is 29.0 Å². The Morgan fingerprint density at radius 3 is 2.77 bits per heavy atom. The lowest BCUT2D eigenvalue weighted by molar-refractivity contribution is -0.134. The van der Waals surface area contributed by atoms with Crippen LogP contribution in [0.1, 0.15) is 23.2 Å². The molecule has 22 heavy (non-hydrogen) atoms. The summed E-state index contributed by atoms with van der Waals surface area (Å²) >= 11 is 7.73. The molecular formula is C15H18ClN3O2S. The van der Waals surface area contributed by atoms with Crippen LogP contribution in [0.5, 0.6) is 0 Å². The zero-order valence-corrected chi connectivity index (χ0v) is 13.8. The minimum absolute atomic E-state index is 0.0892. The van der Waals surface area contributed by atoms with Crippen molar-refractivity contribution in [2.24, 2.45) is 0 Å². The van der Waals surface area contributed by atoms with Crippen LogP contribution in [-0.2, 0) is 4.79 Å². The van der Waals surface area contributed by atoms with Gasteiger partial charge in [0, 0.05) is 42.9 Å². The highest BCUT2D eigenvalue weighted by Crippen LogP contribution is 2.23. The van der Waals surface area contributed by atoms with Gasteiger partial charge in [-0.3, -0.25) is 9.59 Å². The summed E-state index contributed by atoms with van der Waals surface area (Å²) in [7, 11) is 0. The normalized spacial score (nSPS) is 22.0. The Hall–Kier alpha value is -1.27. The van der Waals surface area contributed by atoms with E-state index in [1.165, 1.54) is 6.20 Å². The lowest BCUT2D eigenvalue weighted by atomic mass is 10.1. The number of aromatic nitrogens is 1. The van der Waals surface area contributed by atoms with E-state index < -0.39 is 0 Å². The van der Waals surface area contributed by atoms with Crippen LogP contribution >= 0.6 is 23.4 Å². The van der Waals surface area contributed by atoms with Crippen LogP contribution in [0.4, 0.5) is 0 Å². The van der Waals surface area contributed by atoms with E-state index in [0.29, 0.717) is 17.3 Å². The molecule has 0 bridgehead atoms. The lowest BCUT2D eigenvalue weighted by Crippen LogP contribution is -2.50. The number of thioether (sulfide) groups is 1. The minimum Gasteiger partial charge on any atom is -0.339 e. The van der Waals surface area contributed by atoms with Crippen molar-refractivity contribution in [1.29, 1.82) is 0 Å². The van der Waals surface area contributed by atoms with Crippen molar-refractivity contribution in [2.75, 3.05) is 31.1 Å². The Morgan fingerprint density at radius 1 is 1.27 bits per heavy atom. The smallest absolute Gasteiger partial charge is 0.254 e. The number of amides is 2. The molecule has 0 unspecified atom stereocenters. The van der Waals surface area contributed by atoms with Crippen molar-refractivity contribution in [1.82, 2.24) is 14.8 Å². The van der Waals surface area contributed by atoms with Gasteiger partial charge in [-0.25, -0.2) is 4.98 Å². The molecule has 1 atom stereocenters. The fourth-order valence-corrected chi connectivity index (χ4v) is 4.04. The first-order valence-corrected chi connectivity index (χ1v) is 8.99. The number of rotatable bonds is 2. The molecule has 3 rings (SSSR count). The van der Waals surface area contributed by atoms with Gasteiger partial charge in [0.1, 0.15) is 11.2 Å². The highest BCUT2D eigenvalue weighted by atomic mass is 35.5. The van der Waals surface area contributed by atoms with Crippen LogP contribution in [0.15, 0.2) is 18.3 Å². The first kappa shape index (κ1) is 15.6. The van der Waals surface area contributed by atoms with Crippen LogP contribution in [-0.4, -0.2) is 63.8 Å². The molecule has 2 aliphatic heterocycles. The van der Waals surface area contributed by atoms with Gasteiger partial charge >= 0.3 is 0 Å². The Balaban J connectivity index is 1.75. The predicted octanol–water partition coefficient (Wildman–Crippen LogP) is 1.92. The molecule has 2 saturated heterocycles. The van der Waals surface area contributed by atoms with E-state index in [1.54, 1.807) is 17.0 Å². The molecule has 0 saturated carbocycles. The molecule has 2 aliphatic rings. The number of carbonyl (C=O) groups excluding carboxylic acids is 2. The largest absolute Gasteiger partial charge is 0.339 e. The third-order valence-corrected chi connectivity index (χ3v) is 5.24. The number of likely N-dealkylation sites (tertiary alicyclic amines) is 1. The predicted molar refractivity (Wildman–Crippen MR) is 87.2 cm³/mol. The molecule has 118 valence electrons. The van der Waals surface area contributed by atoms with E-state index in [-0.39, 0.29) is 17.9 Å². The monoisotopic (exact) mass is 339 g/mol. The molecule has 0 aromatic carbocycles. The van der Waals surface area contributed by atoms with Gasteiger partial charge in [-0.1, -0.05) is 11.6 Å². The summed E-state index contributed by atoms with van der Waals surface area (Å²) in [5, 5.41) is 0.293. The van der Waals surface area contributed by atoms with E-state index in [0.717, 1.165) is 37.4 Å². The average molecular weight is 340 g/mol. The van der Waals surface area contributed by atoms with E-state index in [9.17, 15) is 9.59 Å². The van der Waals surface area contributed by atoms with Crippen LogP contribution in [0.25, 0.3) is 0 Å². The number of carbonyl (C=O) groups is 2. The molecule has 1 aromatic rings. The molecule has 3 heterocycles. The van der Waals surface area contributed by atoms with Crippen LogP contribution < -0.4 is 0 Å². The molecular weight excluding hydrogens is 322 g/mol.